The lowest BCUT2D eigenvalue weighted by molar-refractivity contribution is -0.154. The molecular weight excluding hydrogens is 192 g/mol. The van der Waals surface area contributed by atoms with Crippen LogP contribution in [0.25, 0.3) is 0 Å². The summed E-state index contributed by atoms with van der Waals surface area (Å²) in [6.07, 6.45) is 0.162. The van der Waals surface area contributed by atoms with E-state index in [1.165, 1.54) is 0 Å². The van der Waals surface area contributed by atoms with Crippen LogP contribution in [0.4, 0.5) is 0 Å². The van der Waals surface area contributed by atoms with Gasteiger partial charge in [-0.05, 0) is 17.9 Å². The first-order valence-corrected chi connectivity index (χ1v) is 5.44. The molecule has 1 saturated heterocycles. The fourth-order valence-electron chi connectivity index (χ4n) is 1.38. The van der Waals surface area contributed by atoms with Gasteiger partial charge < -0.3 is 14.9 Å². The summed E-state index contributed by atoms with van der Waals surface area (Å²) in [5.41, 5.74) is 0. The molecule has 0 aromatic heterocycles. The van der Waals surface area contributed by atoms with Crippen molar-refractivity contribution in [2.75, 3.05) is 24.7 Å². The molecule has 1 aliphatic heterocycles. The van der Waals surface area contributed by atoms with Gasteiger partial charge in [-0.2, -0.15) is 11.8 Å². The minimum Gasteiger partial charge on any atom is -0.479 e. The van der Waals surface area contributed by atoms with Gasteiger partial charge in [0.05, 0.1) is 13.2 Å². The first-order chi connectivity index (χ1) is 6.25. The zero-order valence-corrected chi connectivity index (χ0v) is 8.13. The molecule has 2 atom stereocenters. The zero-order chi connectivity index (χ0) is 9.68. The molecule has 1 fully saturated rings. The summed E-state index contributed by atoms with van der Waals surface area (Å²) >= 11 is 1.76. The maximum Gasteiger partial charge on any atom is 0.333 e. The highest BCUT2D eigenvalue weighted by molar-refractivity contribution is 7.99. The number of carboxylic acids is 1. The van der Waals surface area contributed by atoms with Crippen molar-refractivity contribution in [1.82, 2.24) is 0 Å². The molecule has 1 aliphatic rings. The molecule has 76 valence electrons. The molecule has 1 heterocycles. The quantitative estimate of drug-likeness (QED) is 0.672. The first kappa shape index (κ1) is 10.8. The van der Waals surface area contributed by atoms with Crippen molar-refractivity contribution in [3.05, 3.63) is 0 Å². The molecule has 0 saturated carbocycles. The number of rotatable bonds is 5. The van der Waals surface area contributed by atoms with Crippen LogP contribution in [0.2, 0.25) is 0 Å². The van der Waals surface area contributed by atoms with Crippen LogP contribution in [0.5, 0.6) is 0 Å². The van der Waals surface area contributed by atoms with Gasteiger partial charge in [-0.25, -0.2) is 4.79 Å². The highest BCUT2D eigenvalue weighted by atomic mass is 32.2. The fraction of sp³-hybridized carbons (Fsp3) is 0.875. The molecule has 0 amide bonds. The minimum absolute atomic E-state index is 0.106. The monoisotopic (exact) mass is 206 g/mol. The Morgan fingerprint density at radius 1 is 1.69 bits per heavy atom. The van der Waals surface area contributed by atoms with E-state index in [1.54, 1.807) is 11.8 Å². The van der Waals surface area contributed by atoms with E-state index >= 15 is 0 Å². The van der Waals surface area contributed by atoms with Crippen LogP contribution in [-0.4, -0.2) is 47.0 Å². The van der Waals surface area contributed by atoms with Crippen molar-refractivity contribution in [2.24, 2.45) is 5.92 Å². The largest absolute Gasteiger partial charge is 0.479 e. The van der Waals surface area contributed by atoms with E-state index < -0.39 is 12.1 Å². The van der Waals surface area contributed by atoms with Gasteiger partial charge in [-0.3, -0.25) is 0 Å². The number of hydrogen-bond acceptors (Lipinski definition) is 4. The lowest BCUT2D eigenvalue weighted by atomic mass is 10.0. The van der Waals surface area contributed by atoms with Gasteiger partial charge in [0.1, 0.15) is 0 Å². The van der Waals surface area contributed by atoms with Crippen molar-refractivity contribution in [3.63, 3.8) is 0 Å². The SMILES string of the molecule is O=C(O)C(OCCO)C1CCSC1. The number of hydrogen-bond donors (Lipinski definition) is 2. The van der Waals surface area contributed by atoms with E-state index in [-0.39, 0.29) is 19.1 Å². The summed E-state index contributed by atoms with van der Waals surface area (Å²) in [6, 6.07) is 0. The van der Waals surface area contributed by atoms with Gasteiger partial charge >= 0.3 is 5.97 Å². The Kier molecular flexibility index (Phi) is 4.55. The van der Waals surface area contributed by atoms with Crippen LogP contribution in [0.1, 0.15) is 6.42 Å². The third-order valence-electron chi connectivity index (χ3n) is 2.03. The average Bonchev–Trinajstić information content (AvgIpc) is 2.57. The number of carbonyl (C=O) groups is 1. The van der Waals surface area contributed by atoms with Gasteiger partial charge in [-0.15, -0.1) is 0 Å². The number of aliphatic hydroxyl groups is 1. The van der Waals surface area contributed by atoms with E-state index in [2.05, 4.69) is 0 Å². The van der Waals surface area contributed by atoms with Crippen molar-refractivity contribution in [2.45, 2.75) is 12.5 Å². The topological polar surface area (TPSA) is 66.8 Å². The molecule has 0 radical (unpaired) electrons. The van der Waals surface area contributed by atoms with Crippen LogP contribution in [0, 0.1) is 5.92 Å². The molecule has 2 unspecified atom stereocenters. The van der Waals surface area contributed by atoms with Crippen molar-refractivity contribution in [1.29, 1.82) is 0 Å². The molecule has 1 rings (SSSR count). The molecule has 0 spiro atoms. The fourth-order valence-corrected chi connectivity index (χ4v) is 2.66. The Balaban J connectivity index is 2.40. The Hall–Kier alpha value is -0.260. The third-order valence-corrected chi connectivity index (χ3v) is 3.21. The normalized spacial score (nSPS) is 24.5. The Morgan fingerprint density at radius 2 is 2.46 bits per heavy atom. The lowest BCUT2D eigenvalue weighted by Gasteiger charge is -2.18. The summed E-state index contributed by atoms with van der Waals surface area (Å²) < 4.78 is 5.07. The first-order valence-electron chi connectivity index (χ1n) is 4.28. The second-order valence-electron chi connectivity index (χ2n) is 2.98. The molecule has 2 N–H and O–H groups in total. The van der Waals surface area contributed by atoms with Gasteiger partial charge in [0.25, 0.3) is 0 Å². The molecule has 0 bridgehead atoms. The maximum atomic E-state index is 10.8. The molecular formula is C8H14O4S. The molecule has 5 heteroatoms. The van der Waals surface area contributed by atoms with Crippen LogP contribution >= 0.6 is 11.8 Å². The summed E-state index contributed by atoms with van der Waals surface area (Å²) in [6.45, 7) is -0.0121. The summed E-state index contributed by atoms with van der Waals surface area (Å²) in [5, 5.41) is 17.4. The van der Waals surface area contributed by atoms with Gasteiger partial charge in [0.2, 0.25) is 0 Å². The molecule has 0 aromatic carbocycles. The smallest absolute Gasteiger partial charge is 0.333 e. The number of ether oxygens (including phenoxy) is 1. The Bertz CT molecular complexity index is 168. The van der Waals surface area contributed by atoms with Crippen LogP contribution in [0.15, 0.2) is 0 Å². The number of thioether (sulfide) groups is 1. The Morgan fingerprint density at radius 3 is 2.92 bits per heavy atom. The zero-order valence-electron chi connectivity index (χ0n) is 7.31. The number of aliphatic carboxylic acids is 1. The standard InChI is InChI=1S/C8H14O4S/c9-2-3-12-7(8(10)11)6-1-4-13-5-6/h6-7,9H,1-5H2,(H,10,11). The maximum absolute atomic E-state index is 10.8. The minimum atomic E-state index is -0.916. The highest BCUT2D eigenvalue weighted by Gasteiger charge is 2.31. The van der Waals surface area contributed by atoms with Crippen molar-refractivity contribution < 1.29 is 19.7 Å². The van der Waals surface area contributed by atoms with E-state index in [4.69, 9.17) is 14.9 Å². The summed E-state index contributed by atoms with van der Waals surface area (Å²) in [5.74, 6) is 1.05. The molecule has 4 nitrogen and oxygen atoms in total. The predicted molar refractivity (Wildman–Crippen MR) is 49.9 cm³/mol. The van der Waals surface area contributed by atoms with Crippen molar-refractivity contribution in [3.8, 4) is 0 Å². The molecule has 0 aliphatic carbocycles. The Labute approximate surface area is 81.3 Å². The van der Waals surface area contributed by atoms with E-state index in [0.29, 0.717) is 0 Å². The molecule has 13 heavy (non-hydrogen) atoms. The number of aliphatic hydroxyl groups excluding tert-OH is 1. The van der Waals surface area contributed by atoms with E-state index in [9.17, 15) is 4.79 Å². The van der Waals surface area contributed by atoms with Gasteiger partial charge in [-0.1, -0.05) is 0 Å². The predicted octanol–water partition coefficient (Wildman–Crippen LogP) is 0.202. The second kappa shape index (κ2) is 5.47. The summed E-state index contributed by atoms with van der Waals surface area (Å²) in [7, 11) is 0. The van der Waals surface area contributed by atoms with Gasteiger partial charge in [0, 0.05) is 5.92 Å². The van der Waals surface area contributed by atoms with E-state index in [0.717, 1.165) is 17.9 Å². The van der Waals surface area contributed by atoms with Crippen LogP contribution in [0.3, 0.4) is 0 Å². The third kappa shape index (κ3) is 3.17. The summed E-state index contributed by atoms with van der Waals surface area (Å²) in [4.78, 5) is 10.8. The average molecular weight is 206 g/mol. The lowest BCUT2D eigenvalue weighted by Crippen LogP contribution is -2.33. The van der Waals surface area contributed by atoms with Crippen molar-refractivity contribution >= 4 is 17.7 Å². The second-order valence-corrected chi connectivity index (χ2v) is 4.13. The van der Waals surface area contributed by atoms with Crippen LogP contribution < -0.4 is 0 Å². The highest BCUT2D eigenvalue weighted by Crippen LogP contribution is 2.27. The van der Waals surface area contributed by atoms with E-state index in [1.807, 2.05) is 0 Å². The van der Waals surface area contributed by atoms with Crippen LogP contribution in [-0.2, 0) is 9.53 Å². The molecule has 0 aromatic rings. The van der Waals surface area contributed by atoms with Gasteiger partial charge in [0.15, 0.2) is 6.10 Å². The number of carboxylic acid groups (broad SMARTS) is 1.